The van der Waals surface area contributed by atoms with Crippen LogP contribution in [0.1, 0.15) is 18.4 Å². The van der Waals surface area contributed by atoms with Crippen molar-refractivity contribution < 1.29 is 0 Å². The minimum Gasteiger partial charge on any atom is -0.354 e. The molecule has 0 aromatic carbocycles. The fourth-order valence-corrected chi connectivity index (χ4v) is 2.58. The molecule has 1 atom stereocenters. The van der Waals surface area contributed by atoms with Crippen LogP contribution in [-0.4, -0.2) is 34.3 Å². The SMILES string of the molecule is c1cncc(CNC2CCCN(c3cccnn3)C2)c1. The average molecular weight is 269 g/mol. The Morgan fingerprint density at radius 1 is 1.25 bits per heavy atom. The van der Waals surface area contributed by atoms with Crippen LogP contribution in [0.4, 0.5) is 5.82 Å². The van der Waals surface area contributed by atoms with Crippen molar-refractivity contribution in [1.82, 2.24) is 20.5 Å². The second kappa shape index (κ2) is 6.43. The number of piperidine rings is 1. The van der Waals surface area contributed by atoms with Gasteiger partial charge < -0.3 is 10.2 Å². The predicted molar refractivity (Wildman–Crippen MR) is 78.3 cm³/mol. The molecule has 0 saturated carbocycles. The summed E-state index contributed by atoms with van der Waals surface area (Å²) < 4.78 is 0. The third kappa shape index (κ3) is 3.30. The van der Waals surface area contributed by atoms with Crippen LogP contribution in [0.2, 0.25) is 0 Å². The highest BCUT2D eigenvalue weighted by molar-refractivity contribution is 5.37. The molecule has 2 aromatic heterocycles. The summed E-state index contributed by atoms with van der Waals surface area (Å²) in [6.07, 6.45) is 7.82. The van der Waals surface area contributed by atoms with Crippen LogP contribution in [0.15, 0.2) is 42.9 Å². The molecule has 1 fully saturated rings. The number of aromatic nitrogens is 3. The van der Waals surface area contributed by atoms with E-state index in [0.717, 1.165) is 25.5 Å². The number of hydrogen-bond donors (Lipinski definition) is 1. The zero-order chi connectivity index (χ0) is 13.6. The van der Waals surface area contributed by atoms with Gasteiger partial charge in [-0.05, 0) is 36.6 Å². The van der Waals surface area contributed by atoms with Gasteiger partial charge in [0.05, 0.1) is 0 Å². The third-order valence-electron chi connectivity index (χ3n) is 3.62. The molecule has 0 radical (unpaired) electrons. The molecule has 3 rings (SSSR count). The lowest BCUT2D eigenvalue weighted by Gasteiger charge is -2.33. The highest BCUT2D eigenvalue weighted by atomic mass is 15.3. The number of pyridine rings is 1. The van der Waals surface area contributed by atoms with Crippen LogP contribution in [0, 0.1) is 0 Å². The first-order valence-corrected chi connectivity index (χ1v) is 7.07. The van der Waals surface area contributed by atoms with Gasteiger partial charge in [-0.3, -0.25) is 4.98 Å². The molecule has 0 aliphatic carbocycles. The van der Waals surface area contributed by atoms with E-state index in [1.165, 1.54) is 18.4 Å². The Bertz CT molecular complexity index is 516. The first-order valence-electron chi connectivity index (χ1n) is 7.07. The largest absolute Gasteiger partial charge is 0.354 e. The van der Waals surface area contributed by atoms with Gasteiger partial charge in [-0.15, -0.1) is 5.10 Å². The van der Waals surface area contributed by atoms with E-state index in [4.69, 9.17) is 0 Å². The van der Waals surface area contributed by atoms with Gasteiger partial charge in [-0.1, -0.05) is 6.07 Å². The van der Waals surface area contributed by atoms with Crippen LogP contribution in [0.25, 0.3) is 0 Å². The van der Waals surface area contributed by atoms with Crippen LogP contribution in [-0.2, 0) is 6.54 Å². The normalized spacial score (nSPS) is 19.0. The van der Waals surface area contributed by atoms with Crippen molar-refractivity contribution in [3.05, 3.63) is 48.4 Å². The zero-order valence-electron chi connectivity index (χ0n) is 11.4. The average Bonchev–Trinajstić information content (AvgIpc) is 2.55. The molecule has 1 aliphatic rings. The number of anilines is 1. The summed E-state index contributed by atoms with van der Waals surface area (Å²) in [6, 6.07) is 8.53. The smallest absolute Gasteiger partial charge is 0.151 e. The Labute approximate surface area is 119 Å². The van der Waals surface area contributed by atoms with E-state index in [1.54, 1.807) is 12.4 Å². The van der Waals surface area contributed by atoms with Crippen molar-refractivity contribution in [2.45, 2.75) is 25.4 Å². The standard InChI is InChI=1S/C15H19N5/c1-4-13(10-16-7-1)11-17-14-5-3-9-20(12-14)15-6-2-8-18-19-15/h1-2,4,6-8,10,14,17H,3,5,9,11-12H2. The number of rotatable bonds is 4. The minimum atomic E-state index is 0.492. The van der Waals surface area contributed by atoms with E-state index in [9.17, 15) is 0 Å². The Balaban J connectivity index is 1.56. The van der Waals surface area contributed by atoms with E-state index in [1.807, 2.05) is 24.4 Å². The molecule has 1 saturated heterocycles. The summed E-state index contributed by atoms with van der Waals surface area (Å²) in [5.41, 5.74) is 1.23. The van der Waals surface area contributed by atoms with E-state index in [2.05, 4.69) is 31.5 Å². The highest BCUT2D eigenvalue weighted by Crippen LogP contribution is 2.16. The van der Waals surface area contributed by atoms with Crippen molar-refractivity contribution in [2.75, 3.05) is 18.0 Å². The maximum Gasteiger partial charge on any atom is 0.151 e. The third-order valence-corrected chi connectivity index (χ3v) is 3.62. The van der Waals surface area contributed by atoms with Crippen molar-refractivity contribution >= 4 is 5.82 Å². The number of nitrogens with zero attached hydrogens (tertiary/aromatic N) is 4. The summed E-state index contributed by atoms with van der Waals surface area (Å²) in [5, 5.41) is 11.8. The maximum absolute atomic E-state index is 4.19. The van der Waals surface area contributed by atoms with Gasteiger partial charge in [0.25, 0.3) is 0 Å². The Kier molecular flexibility index (Phi) is 4.18. The molecule has 0 amide bonds. The molecule has 2 aromatic rings. The van der Waals surface area contributed by atoms with E-state index >= 15 is 0 Å². The lowest BCUT2D eigenvalue weighted by atomic mass is 10.1. The van der Waals surface area contributed by atoms with Gasteiger partial charge in [0.2, 0.25) is 0 Å². The van der Waals surface area contributed by atoms with Crippen LogP contribution < -0.4 is 10.2 Å². The molecule has 0 spiro atoms. The van der Waals surface area contributed by atoms with Crippen LogP contribution in [0.5, 0.6) is 0 Å². The fourth-order valence-electron chi connectivity index (χ4n) is 2.58. The van der Waals surface area contributed by atoms with Gasteiger partial charge >= 0.3 is 0 Å². The molecule has 1 aliphatic heterocycles. The molecular weight excluding hydrogens is 250 g/mol. The summed E-state index contributed by atoms with van der Waals surface area (Å²) >= 11 is 0. The number of hydrogen-bond acceptors (Lipinski definition) is 5. The Morgan fingerprint density at radius 2 is 2.20 bits per heavy atom. The Morgan fingerprint density at radius 3 is 3.00 bits per heavy atom. The first-order chi connectivity index (χ1) is 9.92. The Hall–Kier alpha value is -2.01. The van der Waals surface area contributed by atoms with Gasteiger partial charge in [-0.2, -0.15) is 5.10 Å². The topological polar surface area (TPSA) is 53.9 Å². The predicted octanol–water partition coefficient (Wildman–Crippen LogP) is 1.63. The number of nitrogens with one attached hydrogen (secondary N) is 1. The molecule has 1 N–H and O–H groups in total. The summed E-state index contributed by atoms with van der Waals surface area (Å²) in [4.78, 5) is 6.45. The summed E-state index contributed by atoms with van der Waals surface area (Å²) in [7, 11) is 0. The monoisotopic (exact) mass is 269 g/mol. The lowest BCUT2D eigenvalue weighted by molar-refractivity contribution is 0.419. The molecule has 5 nitrogen and oxygen atoms in total. The van der Waals surface area contributed by atoms with E-state index in [0.29, 0.717) is 6.04 Å². The zero-order valence-corrected chi connectivity index (χ0v) is 11.4. The molecule has 5 heteroatoms. The quantitative estimate of drug-likeness (QED) is 0.914. The molecule has 3 heterocycles. The second-order valence-electron chi connectivity index (χ2n) is 5.11. The van der Waals surface area contributed by atoms with Crippen molar-refractivity contribution in [3.8, 4) is 0 Å². The lowest BCUT2D eigenvalue weighted by Crippen LogP contribution is -2.45. The van der Waals surface area contributed by atoms with Crippen LogP contribution in [0.3, 0.4) is 0 Å². The minimum absolute atomic E-state index is 0.492. The molecule has 0 bridgehead atoms. The second-order valence-corrected chi connectivity index (χ2v) is 5.11. The molecule has 104 valence electrons. The molecule has 1 unspecified atom stereocenters. The van der Waals surface area contributed by atoms with Crippen molar-refractivity contribution in [1.29, 1.82) is 0 Å². The van der Waals surface area contributed by atoms with Gasteiger partial charge in [0, 0.05) is 44.3 Å². The van der Waals surface area contributed by atoms with Gasteiger partial charge in [0.15, 0.2) is 5.82 Å². The van der Waals surface area contributed by atoms with E-state index in [-0.39, 0.29) is 0 Å². The van der Waals surface area contributed by atoms with Crippen LogP contribution >= 0.6 is 0 Å². The fraction of sp³-hybridized carbons (Fsp3) is 0.400. The van der Waals surface area contributed by atoms with Gasteiger partial charge in [0.1, 0.15) is 0 Å². The molecular formula is C15H19N5. The van der Waals surface area contributed by atoms with E-state index < -0.39 is 0 Å². The first kappa shape index (κ1) is 13.0. The molecule has 20 heavy (non-hydrogen) atoms. The van der Waals surface area contributed by atoms with Gasteiger partial charge in [-0.25, -0.2) is 0 Å². The summed E-state index contributed by atoms with van der Waals surface area (Å²) in [6.45, 7) is 2.91. The summed E-state index contributed by atoms with van der Waals surface area (Å²) in [5.74, 6) is 0.973. The van der Waals surface area contributed by atoms with Crippen molar-refractivity contribution in [2.24, 2.45) is 0 Å². The maximum atomic E-state index is 4.19. The van der Waals surface area contributed by atoms with Crippen molar-refractivity contribution in [3.63, 3.8) is 0 Å². The highest BCUT2D eigenvalue weighted by Gasteiger charge is 2.20.